The first-order valence-corrected chi connectivity index (χ1v) is 8.97. The molecule has 0 aliphatic rings. The Labute approximate surface area is 167 Å². The second kappa shape index (κ2) is 8.20. The first-order chi connectivity index (χ1) is 13.4. The molecule has 3 rings (SSSR count). The molecule has 1 heterocycles. The quantitative estimate of drug-likeness (QED) is 0.343. The van der Waals surface area contributed by atoms with Crippen LogP contribution in [-0.2, 0) is 6.54 Å². The molecule has 2 aromatic carbocycles. The maximum absolute atomic E-state index is 13.1. The number of rotatable bonds is 5. The van der Waals surface area contributed by atoms with E-state index in [0.717, 1.165) is 11.1 Å². The Kier molecular flexibility index (Phi) is 5.72. The first-order valence-electron chi connectivity index (χ1n) is 8.59. The number of hydrogen-bond donors (Lipinski definition) is 0. The van der Waals surface area contributed by atoms with E-state index in [4.69, 9.17) is 11.6 Å². The van der Waals surface area contributed by atoms with Crippen molar-refractivity contribution >= 4 is 23.5 Å². The highest BCUT2D eigenvalue weighted by Gasteiger charge is 2.17. The number of carbonyl (C=O) groups excluding carboxylic acids is 1. The fourth-order valence-corrected chi connectivity index (χ4v) is 3.12. The van der Waals surface area contributed by atoms with Crippen LogP contribution < -0.4 is 0 Å². The molecule has 0 fully saturated rings. The average Bonchev–Trinajstić information content (AvgIpc) is 2.94. The van der Waals surface area contributed by atoms with Crippen LogP contribution in [0, 0.1) is 31.0 Å². The zero-order chi connectivity index (χ0) is 20.3. The summed E-state index contributed by atoms with van der Waals surface area (Å²) in [6, 6.07) is 15.1. The van der Waals surface area contributed by atoms with Crippen molar-refractivity contribution in [3.05, 3.63) is 93.0 Å². The minimum absolute atomic E-state index is 0.0167. The van der Waals surface area contributed by atoms with E-state index in [1.165, 1.54) is 18.2 Å². The van der Waals surface area contributed by atoms with Crippen LogP contribution in [0.1, 0.15) is 32.7 Å². The van der Waals surface area contributed by atoms with Gasteiger partial charge in [0, 0.05) is 11.1 Å². The molecular formula is C22H17ClFN3O. The van der Waals surface area contributed by atoms with Crippen LogP contribution in [0.15, 0.2) is 54.1 Å². The fourth-order valence-electron chi connectivity index (χ4n) is 2.83. The van der Waals surface area contributed by atoms with Gasteiger partial charge in [0.15, 0.2) is 0 Å². The number of aryl methyl sites for hydroxylation is 2. The summed E-state index contributed by atoms with van der Waals surface area (Å²) in [7, 11) is 0. The van der Waals surface area contributed by atoms with Crippen LogP contribution >= 0.6 is 11.6 Å². The molecule has 0 aliphatic carbocycles. The molecule has 3 aromatic rings. The van der Waals surface area contributed by atoms with Crippen molar-refractivity contribution in [1.82, 2.24) is 9.78 Å². The van der Waals surface area contributed by atoms with E-state index in [0.29, 0.717) is 28.5 Å². The largest absolute Gasteiger partial charge is 0.288 e. The molecule has 6 heteroatoms. The lowest BCUT2D eigenvalue weighted by Crippen LogP contribution is -2.03. The standard InChI is InChI=1S/C22H17ClFN3O/c1-14-4-3-5-17(10-14)21(28)18(12-25)11-20-15(2)26-27(22(20)23)13-16-6-8-19(24)9-7-16/h3-11H,13H2,1-2H3/b18-11+. The lowest BCUT2D eigenvalue weighted by atomic mass is 10.0. The van der Waals surface area contributed by atoms with E-state index in [1.807, 2.05) is 19.1 Å². The van der Waals surface area contributed by atoms with Gasteiger partial charge in [-0.15, -0.1) is 0 Å². The van der Waals surface area contributed by atoms with E-state index in [1.54, 1.807) is 41.9 Å². The Bertz CT molecular complexity index is 1110. The number of halogens is 2. The van der Waals surface area contributed by atoms with E-state index in [2.05, 4.69) is 5.10 Å². The van der Waals surface area contributed by atoms with Gasteiger partial charge in [0.25, 0.3) is 0 Å². The van der Waals surface area contributed by atoms with Crippen molar-refractivity contribution < 1.29 is 9.18 Å². The van der Waals surface area contributed by atoms with Gasteiger partial charge in [0.2, 0.25) is 5.78 Å². The van der Waals surface area contributed by atoms with Gasteiger partial charge in [-0.05, 0) is 43.7 Å². The van der Waals surface area contributed by atoms with Crippen molar-refractivity contribution in [2.45, 2.75) is 20.4 Å². The number of ketones is 1. The summed E-state index contributed by atoms with van der Waals surface area (Å²) in [5, 5.41) is 14.2. The van der Waals surface area contributed by atoms with Gasteiger partial charge < -0.3 is 0 Å². The Morgan fingerprint density at radius 3 is 2.61 bits per heavy atom. The van der Waals surface area contributed by atoms with Crippen molar-refractivity contribution in [2.75, 3.05) is 0 Å². The molecule has 0 spiro atoms. The number of benzene rings is 2. The maximum Gasteiger partial charge on any atom is 0.203 e. The number of aromatic nitrogens is 2. The van der Waals surface area contributed by atoms with E-state index < -0.39 is 0 Å². The maximum atomic E-state index is 13.1. The number of nitriles is 1. The third kappa shape index (κ3) is 4.19. The van der Waals surface area contributed by atoms with E-state index >= 15 is 0 Å². The molecule has 1 aromatic heterocycles. The van der Waals surface area contributed by atoms with Crippen LogP contribution in [0.25, 0.3) is 6.08 Å². The lowest BCUT2D eigenvalue weighted by Gasteiger charge is -2.04. The highest BCUT2D eigenvalue weighted by molar-refractivity contribution is 6.31. The van der Waals surface area contributed by atoms with E-state index in [9.17, 15) is 14.4 Å². The first kappa shape index (κ1) is 19.5. The molecule has 0 amide bonds. The average molecular weight is 394 g/mol. The smallest absolute Gasteiger partial charge is 0.203 e. The Hall–Kier alpha value is -3.23. The minimum Gasteiger partial charge on any atom is -0.288 e. The van der Waals surface area contributed by atoms with Gasteiger partial charge in [-0.1, -0.05) is 47.5 Å². The van der Waals surface area contributed by atoms with Crippen molar-refractivity contribution in [3.8, 4) is 6.07 Å². The SMILES string of the molecule is Cc1cccc(C(=O)/C(C#N)=C/c2c(C)nn(Cc3ccc(F)cc3)c2Cl)c1. The molecule has 28 heavy (non-hydrogen) atoms. The van der Waals surface area contributed by atoms with E-state index in [-0.39, 0.29) is 17.2 Å². The molecule has 0 N–H and O–H groups in total. The van der Waals surface area contributed by atoms with Crippen LogP contribution in [0.2, 0.25) is 5.15 Å². The van der Waals surface area contributed by atoms with Crippen molar-refractivity contribution in [1.29, 1.82) is 5.26 Å². The summed E-state index contributed by atoms with van der Waals surface area (Å²) >= 11 is 6.45. The van der Waals surface area contributed by atoms with Crippen LogP contribution in [0.4, 0.5) is 4.39 Å². The van der Waals surface area contributed by atoms with Crippen LogP contribution in [0.3, 0.4) is 0 Å². The number of nitrogens with zero attached hydrogens (tertiary/aromatic N) is 3. The van der Waals surface area contributed by atoms with Crippen LogP contribution in [0.5, 0.6) is 0 Å². The molecule has 140 valence electrons. The predicted molar refractivity (Wildman–Crippen MR) is 107 cm³/mol. The van der Waals surface area contributed by atoms with Gasteiger partial charge in [-0.3, -0.25) is 4.79 Å². The normalized spacial score (nSPS) is 11.3. The summed E-state index contributed by atoms with van der Waals surface area (Å²) in [6.07, 6.45) is 1.47. The second-order valence-electron chi connectivity index (χ2n) is 6.44. The van der Waals surface area contributed by atoms with Crippen molar-refractivity contribution in [3.63, 3.8) is 0 Å². The Morgan fingerprint density at radius 2 is 1.96 bits per heavy atom. The number of hydrogen-bond acceptors (Lipinski definition) is 3. The van der Waals surface area contributed by atoms with Crippen LogP contribution in [-0.4, -0.2) is 15.6 Å². The Balaban J connectivity index is 1.94. The molecule has 0 aliphatic heterocycles. The van der Waals surface area contributed by atoms with Gasteiger partial charge in [0.1, 0.15) is 22.6 Å². The second-order valence-corrected chi connectivity index (χ2v) is 6.80. The molecule has 4 nitrogen and oxygen atoms in total. The minimum atomic E-state index is -0.368. The molecule has 0 unspecified atom stereocenters. The van der Waals surface area contributed by atoms with Gasteiger partial charge >= 0.3 is 0 Å². The molecular weight excluding hydrogens is 377 g/mol. The summed E-state index contributed by atoms with van der Waals surface area (Å²) in [4.78, 5) is 12.7. The topological polar surface area (TPSA) is 58.7 Å². The third-order valence-electron chi connectivity index (χ3n) is 4.29. The summed E-state index contributed by atoms with van der Waals surface area (Å²) < 4.78 is 14.6. The van der Waals surface area contributed by atoms with Gasteiger partial charge in [-0.2, -0.15) is 10.4 Å². The molecule has 0 atom stereocenters. The lowest BCUT2D eigenvalue weighted by molar-refractivity contribution is 0.104. The Morgan fingerprint density at radius 1 is 1.25 bits per heavy atom. The monoisotopic (exact) mass is 393 g/mol. The van der Waals surface area contributed by atoms with Crippen molar-refractivity contribution in [2.24, 2.45) is 0 Å². The summed E-state index contributed by atoms with van der Waals surface area (Å²) in [5.41, 5.74) is 3.30. The van der Waals surface area contributed by atoms with Gasteiger partial charge in [-0.25, -0.2) is 9.07 Å². The highest BCUT2D eigenvalue weighted by atomic mass is 35.5. The highest BCUT2D eigenvalue weighted by Crippen LogP contribution is 2.25. The molecule has 0 saturated heterocycles. The molecule has 0 saturated carbocycles. The number of Topliss-reactive ketones (excluding diaryl/α,β-unsaturated/α-hetero) is 1. The molecule has 0 radical (unpaired) electrons. The fraction of sp³-hybridized carbons (Fsp3) is 0.136. The summed E-state index contributed by atoms with van der Waals surface area (Å²) in [6.45, 7) is 3.99. The van der Waals surface area contributed by atoms with Gasteiger partial charge in [0.05, 0.1) is 12.2 Å². The predicted octanol–water partition coefficient (Wildman–Crippen LogP) is 5.13. The molecule has 0 bridgehead atoms. The zero-order valence-corrected chi connectivity index (χ0v) is 16.2. The zero-order valence-electron chi connectivity index (χ0n) is 15.4. The number of allylic oxidation sites excluding steroid dienone is 1. The number of carbonyl (C=O) groups is 1. The third-order valence-corrected chi connectivity index (χ3v) is 4.69. The summed E-state index contributed by atoms with van der Waals surface area (Å²) in [5.74, 6) is -0.684.